The molecule has 0 spiro atoms. The number of aromatic nitrogens is 1. The van der Waals surface area contributed by atoms with Gasteiger partial charge in [0.25, 0.3) is 5.91 Å². The molecule has 0 aliphatic carbocycles. The predicted octanol–water partition coefficient (Wildman–Crippen LogP) is 4.34. The zero-order valence-corrected chi connectivity index (χ0v) is 15.9. The van der Waals surface area contributed by atoms with E-state index >= 15 is 0 Å². The topological polar surface area (TPSA) is 63.2 Å². The molecular formula is C21H23N3O2S. The normalized spacial score (nSPS) is 10.4. The summed E-state index contributed by atoms with van der Waals surface area (Å²) >= 11 is 1.66. The van der Waals surface area contributed by atoms with Crippen LogP contribution in [0.5, 0.6) is 5.75 Å². The molecule has 0 saturated carbocycles. The molecule has 2 heterocycles. The smallest absolute Gasteiger partial charge is 0.251 e. The fourth-order valence-electron chi connectivity index (χ4n) is 2.51. The third-order valence-corrected chi connectivity index (χ3v) is 4.77. The van der Waals surface area contributed by atoms with Gasteiger partial charge in [-0.1, -0.05) is 18.2 Å². The molecule has 6 heteroatoms. The fraction of sp³-hybridized carbons (Fsp3) is 0.238. The Morgan fingerprint density at radius 1 is 1.04 bits per heavy atom. The van der Waals surface area contributed by atoms with Gasteiger partial charge in [-0.25, -0.2) is 4.98 Å². The van der Waals surface area contributed by atoms with Crippen molar-refractivity contribution in [2.45, 2.75) is 19.4 Å². The number of amides is 1. The van der Waals surface area contributed by atoms with Crippen LogP contribution in [0.15, 0.2) is 66.2 Å². The van der Waals surface area contributed by atoms with Crippen molar-refractivity contribution in [3.8, 4) is 5.75 Å². The molecule has 0 bridgehead atoms. The SMILES string of the molecule is O=C(NCCCCNc1ccccn1)c1cccc(OCc2cccs2)c1. The van der Waals surface area contributed by atoms with Gasteiger partial charge in [-0.05, 0) is 54.6 Å². The van der Waals surface area contributed by atoms with Crippen LogP contribution in [-0.4, -0.2) is 24.0 Å². The maximum atomic E-state index is 12.3. The maximum absolute atomic E-state index is 12.3. The molecule has 0 atom stereocenters. The highest BCUT2D eigenvalue weighted by molar-refractivity contribution is 7.09. The van der Waals surface area contributed by atoms with Gasteiger partial charge < -0.3 is 15.4 Å². The van der Waals surface area contributed by atoms with Crippen molar-refractivity contribution in [2.24, 2.45) is 0 Å². The average Bonchev–Trinajstić information content (AvgIpc) is 3.23. The summed E-state index contributed by atoms with van der Waals surface area (Å²) < 4.78 is 5.76. The predicted molar refractivity (Wildman–Crippen MR) is 109 cm³/mol. The third kappa shape index (κ3) is 6.42. The number of thiophene rings is 1. The zero-order valence-electron chi connectivity index (χ0n) is 15.1. The first-order valence-electron chi connectivity index (χ1n) is 8.99. The van der Waals surface area contributed by atoms with Gasteiger partial charge in [0.1, 0.15) is 18.2 Å². The number of unbranched alkanes of at least 4 members (excludes halogenated alkanes) is 1. The first kappa shape index (κ1) is 18.9. The molecule has 3 aromatic rings. The number of pyridine rings is 1. The lowest BCUT2D eigenvalue weighted by Crippen LogP contribution is -2.24. The number of carbonyl (C=O) groups is 1. The molecule has 1 amide bonds. The van der Waals surface area contributed by atoms with Gasteiger partial charge in [-0.2, -0.15) is 0 Å². The molecule has 0 unspecified atom stereocenters. The summed E-state index contributed by atoms with van der Waals surface area (Å²) in [4.78, 5) is 17.7. The van der Waals surface area contributed by atoms with Gasteiger partial charge in [0.05, 0.1) is 0 Å². The highest BCUT2D eigenvalue weighted by Crippen LogP contribution is 2.17. The number of benzene rings is 1. The summed E-state index contributed by atoms with van der Waals surface area (Å²) in [5.74, 6) is 1.51. The molecule has 2 aromatic heterocycles. The van der Waals surface area contributed by atoms with Crippen molar-refractivity contribution < 1.29 is 9.53 Å². The van der Waals surface area contributed by atoms with E-state index < -0.39 is 0 Å². The van der Waals surface area contributed by atoms with Crippen molar-refractivity contribution in [3.63, 3.8) is 0 Å². The van der Waals surface area contributed by atoms with Gasteiger partial charge >= 0.3 is 0 Å². The van der Waals surface area contributed by atoms with Gasteiger partial charge in [0, 0.05) is 29.7 Å². The number of hydrogen-bond acceptors (Lipinski definition) is 5. The van der Waals surface area contributed by atoms with Crippen LogP contribution in [0.25, 0.3) is 0 Å². The molecule has 0 aliphatic heterocycles. The van der Waals surface area contributed by atoms with Crippen molar-refractivity contribution in [1.29, 1.82) is 0 Å². The van der Waals surface area contributed by atoms with Crippen LogP contribution >= 0.6 is 11.3 Å². The molecule has 5 nitrogen and oxygen atoms in total. The molecule has 1 aromatic carbocycles. The maximum Gasteiger partial charge on any atom is 0.251 e. The van der Waals surface area contributed by atoms with Crippen LogP contribution in [0.2, 0.25) is 0 Å². The number of hydrogen-bond donors (Lipinski definition) is 2. The van der Waals surface area contributed by atoms with Crippen molar-refractivity contribution in [1.82, 2.24) is 10.3 Å². The van der Waals surface area contributed by atoms with Crippen LogP contribution in [-0.2, 0) is 6.61 Å². The molecule has 3 rings (SSSR count). The van der Waals surface area contributed by atoms with Crippen molar-refractivity contribution >= 4 is 23.1 Å². The van der Waals surface area contributed by atoms with Crippen LogP contribution in [0.1, 0.15) is 28.1 Å². The lowest BCUT2D eigenvalue weighted by molar-refractivity contribution is 0.0952. The zero-order chi connectivity index (χ0) is 18.7. The second-order valence-corrected chi connectivity index (χ2v) is 7.03. The summed E-state index contributed by atoms with van der Waals surface area (Å²) in [5, 5.41) is 8.24. The minimum atomic E-state index is -0.0748. The van der Waals surface area contributed by atoms with E-state index in [9.17, 15) is 4.79 Å². The van der Waals surface area contributed by atoms with Crippen LogP contribution in [0.4, 0.5) is 5.82 Å². The minimum Gasteiger partial charge on any atom is -0.488 e. The molecule has 140 valence electrons. The number of nitrogens with zero attached hydrogens (tertiary/aromatic N) is 1. The summed E-state index contributed by atoms with van der Waals surface area (Å²) in [6, 6.07) is 17.1. The largest absolute Gasteiger partial charge is 0.488 e. The molecule has 0 aliphatic rings. The lowest BCUT2D eigenvalue weighted by Gasteiger charge is -2.09. The van der Waals surface area contributed by atoms with Gasteiger partial charge in [-0.15, -0.1) is 11.3 Å². The molecular weight excluding hydrogens is 358 g/mol. The minimum absolute atomic E-state index is 0.0748. The lowest BCUT2D eigenvalue weighted by atomic mass is 10.2. The third-order valence-electron chi connectivity index (χ3n) is 3.92. The first-order chi connectivity index (χ1) is 13.3. The molecule has 0 fully saturated rings. The van der Waals surface area contributed by atoms with Crippen molar-refractivity contribution in [3.05, 3.63) is 76.6 Å². The van der Waals surface area contributed by atoms with Crippen LogP contribution < -0.4 is 15.4 Å². The number of anilines is 1. The Morgan fingerprint density at radius 2 is 1.96 bits per heavy atom. The van der Waals surface area contributed by atoms with Crippen molar-refractivity contribution in [2.75, 3.05) is 18.4 Å². The van der Waals surface area contributed by atoms with E-state index in [0.717, 1.165) is 30.1 Å². The van der Waals surface area contributed by atoms with Gasteiger partial charge in [0.15, 0.2) is 0 Å². The number of carbonyl (C=O) groups excluding carboxylic acids is 1. The van der Waals surface area contributed by atoms with E-state index in [4.69, 9.17) is 4.74 Å². The van der Waals surface area contributed by atoms with Gasteiger partial charge in [0.2, 0.25) is 0 Å². The van der Waals surface area contributed by atoms with Crippen LogP contribution in [0.3, 0.4) is 0 Å². The van der Waals surface area contributed by atoms with E-state index in [1.165, 1.54) is 0 Å². The Morgan fingerprint density at radius 3 is 2.78 bits per heavy atom. The van der Waals surface area contributed by atoms with Gasteiger partial charge in [-0.3, -0.25) is 4.79 Å². The number of ether oxygens (including phenoxy) is 1. The fourth-order valence-corrected chi connectivity index (χ4v) is 3.13. The highest BCUT2D eigenvalue weighted by Gasteiger charge is 2.06. The number of nitrogens with one attached hydrogen (secondary N) is 2. The number of rotatable bonds is 10. The summed E-state index contributed by atoms with van der Waals surface area (Å²) in [6.45, 7) is 1.99. The Kier molecular flexibility index (Phi) is 7.24. The van der Waals surface area contributed by atoms with E-state index in [-0.39, 0.29) is 5.91 Å². The molecule has 0 radical (unpaired) electrons. The summed E-state index contributed by atoms with van der Waals surface area (Å²) in [5.41, 5.74) is 0.616. The quantitative estimate of drug-likeness (QED) is 0.513. The Bertz CT molecular complexity index is 822. The average molecular weight is 382 g/mol. The molecule has 27 heavy (non-hydrogen) atoms. The Balaban J connectivity index is 1.35. The van der Waals surface area contributed by atoms with Crippen LogP contribution in [0, 0.1) is 0 Å². The van der Waals surface area contributed by atoms with E-state index in [1.54, 1.807) is 29.7 Å². The highest BCUT2D eigenvalue weighted by atomic mass is 32.1. The second kappa shape index (κ2) is 10.3. The standard InChI is InChI=1S/C21H23N3O2S/c25-21(24-13-4-3-12-23-20-10-1-2-11-22-20)17-7-5-8-18(15-17)26-16-19-9-6-14-27-19/h1-2,5-11,14-15H,3-4,12-13,16H2,(H,22,23)(H,24,25). The second-order valence-electron chi connectivity index (χ2n) is 6.00. The molecule has 2 N–H and O–H groups in total. The van der Waals surface area contributed by atoms with E-state index in [0.29, 0.717) is 24.5 Å². The Labute approximate surface area is 163 Å². The summed E-state index contributed by atoms with van der Waals surface area (Å²) in [7, 11) is 0. The molecule has 0 saturated heterocycles. The van der Waals surface area contributed by atoms with E-state index in [2.05, 4.69) is 15.6 Å². The monoisotopic (exact) mass is 381 g/mol. The summed E-state index contributed by atoms with van der Waals surface area (Å²) in [6.07, 6.45) is 3.63. The van der Waals surface area contributed by atoms with E-state index in [1.807, 2.05) is 47.8 Å². The Hall–Kier alpha value is -2.86. The first-order valence-corrected chi connectivity index (χ1v) is 9.87.